The van der Waals surface area contributed by atoms with Crippen LogP contribution in [-0.4, -0.2) is 25.5 Å². The van der Waals surface area contributed by atoms with E-state index in [0.29, 0.717) is 17.8 Å². The van der Waals surface area contributed by atoms with Gasteiger partial charge in [-0.15, -0.1) is 5.11 Å². The number of methoxy groups -OCH3 is 1. The third-order valence-electron chi connectivity index (χ3n) is 3.74. The summed E-state index contributed by atoms with van der Waals surface area (Å²) in [6.45, 7) is 2.43. The maximum Gasteiger partial charge on any atom is 0.338 e. The molecule has 0 radical (unpaired) electrons. The number of carbonyl (C=O) groups excluding carboxylic acids is 2. The highest BCUT2D eigenvalue weighted by atomic mass is 16.5. The van der Waals surface area contributed by atoms with Crippen LogP contribution in [0.3, 0.4) is 0 Å². The van der Waals surface area contributed by atoms with Gasteiger partial charge in [0.1, 0.15) is 11.7 Å². The Labute approximate surface area is 127 Å². The van der Waals surface area contributed by atoms with Crippen molar-refractivity contribution in [1.29, 1.82) is 0 Å². The van der Waals surface area contributed by atoms with Crippen LogP contribution < -0.4 is 5.32 Å². The molecule has 0 aliphatic carbocycles. The number of carbonyl (C=O) groups is 2. The van der Waals surface area contributed by atoms with Crippen molar-refractivity contribution in [2.75, 3.05) is 13.7 Å². The van der Waals surface area contributed by atoms with E-state index < -0.39 is 12.0 Å². The van der Waals surface area contributed by atoms with Crippen LogP contribution >= 0.6 is 0 Å². The predicted octanol–water partition coefficient (Wildman–Crippen LogP) is 2.23. The van der Waals surface area contributed by atoms with Crippen molar-refractivity contribution in [3.63, 3.8) is 0 Å². The highest BCUT2D eigenvalue weighted by Gasteiger charge is 2.28. The second-order valence-corrected chi connectivity index (χ2v) is 5.10. The van der Waals surface area contributed by atoms with Crippen molar-refractivity contribution in [2.45, 2.75) is 13.0 Å². The molecular formula is C16H15N3O3. The van der Waals surface area contributed by atoms with Crippen LogP contribution in [0, 0.1) is 6.92 Å². The van der Waals surface area contributed by atoms with Gasteiger partial charge in [-0.05, 0) is 24.1 Å². The van der Waals surface area contributed by atoms with Gasteiger partial charge in [-0.3, -0.25) is 4.79 Å². The number of hydrogen-bond acceptors (Lipinski definition) is 5. The number of dihydropyridines is 1. The number of nitrogens with one attached hydrogen (secondary N) is 1. The van der Waals surface area contributed by atoms with E-state index in [4.69, 9.17) is 4.74 Å². The Morgan fingerprint density at radius 2 is 2.23 bits per heavy atom. The first-order valence-corrected chi connectivity index (χ1v) is 6.90. The third-order valence-corrected chi connectivity index (χ3v) is 3.74. The number of nitrogens with zero attached hydrogens (tertiary/aromatic N) is 2. The normalized spacial score (nSPS) is 19.7. The van der Waals surface area contributed by atoms with Gasteiger partial charge in [0.25, 0.3) is 0 Å². The average Bonchev–Trinajstić information content (AvgIpc) is 2.55. The lowest BCUT2D eigenvalue weighted by Gasteiger charge is -2.23. The third kappa shape index (κ3) is 2.32. The number of hydrogen-bond donors (Lipinski definition) is 1. The van der Waals surface area contributed by atoms with E-state index in [0.717, 1.165) is 16.7 Å². The minimum atomic E-state index is -0.402. The van der Waals surface area contributed by atoms with E-state index in [-0.39, 0.29) is 5.91 Å². The molecule has 1 N–H and O–H groups in total. The van der Waals surface area contributed by atoms with Gasteiger partial charge in [0.05, 0.1) is 12.7 Å². The van der Waals surface area contributed by atoms with E-state index in [2.05, 4.69) is 15.5 Å². The number of rotatable bonds is 2. The van der Waals surface area contributed by atoms with Gasteiger partial charge >= 0.3 is 11.9 Å². The first-order valence-electron chi connectivity index (χ1n) is 6.90. The zero-order valence-electron chi connectivity index (χ0n) is 12.3. The molecule has 2 aliphatic heterocycles. The lowest BCUT2D eigenvalue weighted by molar-refractivity contribution is -0.115. The number of azo groups is 1. The Kier molecular flexibility index (Phi) is 3.58. The fourth-order valence-corrected chi connectivity index (χ4v) is 2.57. The van der Waals surface area contributed by atoms with E-state index in [1.165, 1.54) is 7.11 Å². The minimum Gasteiger partial charge on any atom is -0.465 e. The van der Waals surface area contributed by atoms with Crippen LogP contribution in [0.25, 0.3) is 0 Å². The van der Waals surface area contributed by atoms with Gasteiger partial charge in [-0.25, -0.2) is 4.79 Å². The smallest absolute Gasteiger partial charge is 0.338 e. The summed E-state index contributed by atoms with van der Waals surface area (Å²) in [7, 11) is 1.35. The zero-order valence-corrected chi connectivity index (χ0v) is 12.3. The minimum absolute atomic E-state index is 0.365. The van der Waals surface area contributed by atoms with Crippen molar-refractivity contribution in [3.8, 4) is 0 Å². The van der Waals surface area contributed by atoms with Gasteiger partial charge in [0.2, 0.25) is 0 Å². The Balaban J connectivity index is 2.06. The summed E-state index contributed by atoms with van der Waals surface area (Å²) in [6, 6.07) is 5.07. The van der Waals surface area contributed by atoms with Crippen molar-refractivity contribution in [1.82, 2.24) is 5.32 Å². The SMILES string of the molecule is COC(=O)c1cc(C2N=NC(=O)C3=C2C=CCN3)ccc1C. The molecule has 1 aromatic carbocycles. The van der Waals surface area contributed by atoms with Crippen molar-refractivity contribution in [3.05, 3.63) is 58.3 Å². The monoisotopic (exact) mass is 297 g/mol. The summed E-state index contributed by atoms with van der Waals surface area (Å²) >= 11 is 0. The molecule has 0 fully saturated rings. The second kappa shape index (κ2) is 5.55. The molecule has 1 atom stereocenters. The van der Waals surface area contributed by atoms with Gasteiger partial charge in [0, 0.05) is 12.1 Å². The van der Waals surface area contributed by atoms with E-state index in [1.54, 1.807) is 6.07 Å². The number of amides is 1. The molecule has 22 heavy (non-hydrogen) atoms. The highest BCUT2D eigenvalue weighted by Crippen LogP contribution is 2.34. The lowest BCUT2D eigenvalue weighted by atomic mass is 9.92. The van der Waals surface area contributed by atoms with Crippen LogP contribution in [0.1, 0.15) is 27.5 Å². The molecule has 6 nitrogen and oxygen atoms in total. The summed E-state index contributed by atoms with van der Waals surface area (Å²) in [6.07, 6.45) is 3.81. The fourth-order valence-electron chi connectivity index (χ4n) is 2.57. The quantitative estimate of drug-likeness (QED) is 0.849. The molecule has 1 unspecified atom stereocenters. The van der Waals surface area contributed by atoms with Gasteiger partial charge in [-0.1, -0.05) is 24.3 Å². The summed E-state index contributed by atoms with van der Waals surface area (Å²) in [4.78, 5) is 23.6. The van der Waals surface area contributed by atoms with Crippen molar-refractivity contribution < 1.29 is 14.3 Å². The molecule has 1 aromatic rings. The highest BCUT2D eigenvalue weighted by molar-refractivity contribution is 5.96. The fraction of sp³-hybridized carbons (Fsp3) is 0.250. The Morgan fingerprint density at radius 1 is 1.41 bits per heavy atom. The summed E-state index contributed by atoms with van der Waals surface area (Å²) in [5.41, 5.74) is 3.35. The molecule has 1 amide bonds. The van der Waals surface area contributed by atoms with E-state index >= 15 is 0 Å². The topological polar surface area (TPSA) is 80.1 Å². The molecule has 0 saturated carbocycles. The van der Waals surface area contributed by atoms with E-state index in [9.17, 15) is 9.59 Å². The van der Waals surface area contributed by atoms with Crippen LogP contribution in [0.2, 0.25) is 0 Å². The zero-order chi connectivity index (χ0) is 15.7. The largest absolute Gasteiger partial charge is 0.465 e. The summed E-state index contributed by atoms with van der Waals surface area (Å²) < 4.78 is 4.80. The van der Waals surface area contributed by atoms with Crippen LogP contribution in [0.15, 0.2) is 51.8 Å². The first kappa shape index (κ1) is 14.2. The molecular weight excluding hydrogens is 282 g/mol. The number of aryl methyl sites for hydroxylation is 1. The standard InChI is InChI=1S/C16H15N3O3/c1-9-5-6-10(8-12(9)16(21)22-2)13-11-4-3-7-17-14(11)15(20)19-18-13/h3-6,8,13,17H,7H2,1-2H3. The molecule has 112 valence electrons. The molecule has 2 aliphatic rings. The average molecular weight is 297 g/mol. The maximum absolute atomic E-state index is 11.8. The van der Waals surface area contributed by atoms with Crippen LogP contribution in [0.4, 0.5) is 0 Å². The molecule has 0 aromatic heterocycles. The molecule has 0 spiro atoms. The molecule has 0 saturated heterocycles. The lowest BCUT2D eigenvalue weighted by Crippen LogP contribution is -2.27. The molecule has 0 bridgehead atoms. The number of ether oxygens (including phenoxy) is 1. The summed E-state index contributed by atoms with van der Waals surface area (Å²) in [5.74, 6) is -0.759. The van der Waals surface area contributed by atoms with Crippen LogP contribution in [-0.2, 0) is 9.53 Å². The predicted molar refractivity (Wildman–Crippen MR) is 79.3 cm³/mol. The van der Waals surface area contributed by atoms with Crippen molar-refractivity contribution >= 4 is 11.9 Å². The molecule has 2 heterocycles. The molecule has 3 rings (SSSR count). The van der Waals surface area contributed by atoms with E-state index in [1.807, 2.05) is 31.2 Å². The maximum atomic E-state index is 11.8. The van der Waals surface area contributed by atoms with Gasteiger partial charge in [-0.2, -0.15) is 5.11 Å². The Morgan fingerprint density at radius 3 is 3.00 bits per heavy atom. The Bertz CT molecular complexity index is 747. The van der Waals surface area contributed by atoms with Gasteiger partial charge in [0.15, 0.2) is 0 Å². The van der Waals surface area contributed by atoms with Crippen molar-refractivity contribution in [2.24, 2.45) is 10.2 Å². The van der Waals surface area contributed by atoms with Gasteiger partial charge < -0.3 is 10.1 Å². The Hall–Kier alpha value is -2.76. The summed E-state index contributed by atoms with van der Waals surface area (Å²) in [5, 5.41) is 10.8. The first-order chi connectivity index (χ1) is 10.6. The number of benzene rings is 1. The molecule has 6 heteroatoms. The van der Waals surface area contributed by atoms with Crippen LogP contribution in [0.5, 0.6) is 0 Å². The second-order valence-electron chi connectivity index (χ2n) is 5.10. The number of esters is 1.